The topological polar surface area (TPSA) is 32.7 Å². The summed E-state index contributed by atoms with van der Waals surface area (Å²) >= 11 is 0. The van der Waals surface area contributed by atoms with Gasteiger partial charge in [0.25, 0.3) is 0 Å². The number of hydrogen-bond donors (Lipinski definition) is 1. The molecule has 1 fully saturated rings. The van der Waals surface area contributed by atoms with Gasteiger partial charge in [-0.25, -0.2) is 0 Å². The summed E-state index contributed by atoms with van der Waals surface area (Å²) in [6, 6.07) is 6.06. The minimum Gasteiger partial charge on any atom is -0.491 e. The average molecular weight is 263 g/mol. The van der Waals surface area contributed by atoms with Crippen molar-refractivity contribution >= 4 is 0 Å². The molecule has 1 aliphatic heterocycles. The van der Waals surface area contributed by atoms with Crippen molar-refractivity contribution in [3.8, 4) is 5.75 Å². The number of likely N-dealkylation sites (tertiary alicyclic amines) is 1. The SMILES string of the molecule is Cc1ccc(OCC(O)CN2CCCCC2)cc1C. The Morgan fingerprint density at radius 1 is 1.16 bits per heavy atom. The van der Waals surface area contributed by atoms with Gasteiger partial charge < -0.3 is 14.7 Å². The van der Waals surface area contributed by atoms with Crippen LogP contribution in [0.3, 0.4) is 0 Å². The van der Waals surface area contributed by atoms with Gasteiger partial charge in [0.05, 0.1) is 0 Å². The van der Waals surface area contributed by atoms with Crippen molar-refractivity contribution in [3.63, 3.8) is 0 Å². The van der Waals surface area contributed by atoms with E-state index in [9.17, 15) is 5.11 Å². The normalized spacial score (nSPS) is 18.3. The number of aliphatic hydroxyl groups excluding tert-OH is 1. The Morgan fingerprint density at radius 2 is 1.89 bits per heavy atom. The zero-order chi connectivity index (χ0) is 13.7. The molecule has 1 N–H and O–H groups in total. The van der Waals surface area contributed by atoms with Crippen molar-refractivity contribution < 1.29 is 9.84 Å². The lowest BCUT2D eigenvalue weighted by Crippen LogP contribution is -2.38. The fraction of sp³-hybridized carbons (Fsp3) is 0.625. The van der Waals surface area contributed by atoms with Crippen LogP contribution < -0.4 is 4.74 Å². The standard InChI is InChI=1S/C16H25NO2/c1-13-6-7-16(10-14(13)2)19-12-15(18)11-17-8-4-3-5-9-17/h6-7,10,15,18H,3-5,8-9,11-12H2,1-2H3. The zero-order valence-electron chi connectivity index (χ0n) is 12.1. The summed E-state index contributed by atoms with van der Waals surface area (Å²) in [6.07, 6.45) is 3.43. The summed E-state index contributed by atoms with van der Waals surface area (Å²) in [5.74, 6) is 0.848. The van der Waals surface area contributed by atoms with E-state index in [2.05, 4.69) is 24.8 Å². The van der Waals surface area contributed by atoms with Gasteiger partial charge in [0.2, 0.25) is 0 Å². The molecule has 0 radical (unpaired) electrons. The third-order valence-corrected chi connectivity index (χ3v) is 3.84. The summed E-state index contributed by atoms with van der Waals surface area (Å²) in [6.45, 7) is 7.49. The smallest absolute Gasteiger partial charge is 0.119 e. The third-order valence-electron chi connectivity index (χ3n) is 3.84. The second-order valence-corrected chi connectivity index (χ2v) is 5.57. The summed E-state index contributed by atoms with van der Waals surface area (Å²) < 4.78 is 5.67. The van der Waals surface area contributed by atoms with Crippen LogP contribution in [0.25, 0.3) is 0 Å². The van der Waals surface area contributed by atoms with E-state index in [1.165, 1.54) is 30.4 Å². The second kappa shape index (κ2) is 6.92. The Labute approximate surface area is 116 Å². The molecule has 1 aromatic rings. The minimum absolute atomic E-state index is 0.374. The molecule has 106 valence electrons. The molecule has 3 heteroatoms. The van der Waals surface area contributed by atoms with E-state index in [1.807, 2.05) is 12.1 Å². The highest BCUT2D eigenvalue weighted by molar-refractivity contribution is 5.33. The molecule has 0 amide bonds. The molecular weight excluding hydrogens is 238 g/mol. The molecule has 0 aliphatic carbocycles. The third kappa shape index (κ3) is 4.51. The van der Waals surface area contributed by atoms with Gasteiger partial charge in [0.1, 0.15) is 18.5 Å². The number of rotatable bonds is 5. The number of β-amino-alcohol motifs (C(OH)–C–C–N with tert-alkyl or cyclic N) is 1. The molecule has 0 aromatic heterocycles. The van der Waals surface area contributed by atoms with Crippen LogP contribution in [-0.4, -0.2) is 42.4 Å². The molecule has 19 heavy (non-hydrogen) atoms. The van der Waals surface area contributed by atoms with E-state index in [-0.39, 0.29) is 0 Å². The predicted molar refractivity (Wildman–Crippen MR) is 77.7 cm³/mol. The van der Waals surface area contributed by atoms with E-state index < -0.39 is 6.10 Å². The summed E-state index contributed by atoms with van der Waals surface area (Å²) in [4.78, 5) is 2.33. The van der Waals surface area contributed by atoms with Crippen LogP contribution in [0.5, 0.6) is 5.75 Å². The number of aliphatic hydroxyl groups is 1. The average Bonchev–Trinajstić information content (AvgIpc) is 2.41. The molecule has 1 aromatic carbocycles. The lowest BCUT2D eigenvalue weighted by molar-refractivity contribution is 0.0617. The van der Waals surface area contributed by atoms with Crippen LogP contribution in [0.2, 0.25) is 0 Å². The Bertz CT molecular complexity index is 400. The Kier molecular flexibility index (Phi) is 5.23. The Hall–Kier alpha value is -1.06. The van der Waals surface area contributed by atoms with Crippen LogP contribution in [0, 0.1) is 13.8 Å². The highest BCUT2D eigenvalue weighted by atomic mass is 16.5. The van der Waals surface area contributed by atoms with Gasteiger partial charge >= 0.3 is 0 Å². The number of hydrogen-bond acceptors (Lipinski definition) is 3. The molecule has 0 saturated carbocycles. The number of aryl methyl sites for hydroxylation is 2. The maximum atomic E-state index is 10.0. The van der Waals surface area contributed by atoms with Crippen molar-refractivity contribution in [1.29, 1.82) is 0 Å². The van der Waals surface area contributed by atoms with Crippen molar-refractivity contribution in [1.82, 2.24) is 4.90 Å². The van der Waals surface area contributed by atoms with Gasteiger partial charge in [-0.3, -0.25) is 0 Å². The number of ether oxygens (including phenoxy) is 1. The van der Waals surface area contributed by atoms with Gasteiger partial charge in [-0.05, 0) is 63.0 Å². The number of benzene rings is 1. The van der Waals surface area contributed by atoms with Crippen LogP contribution in [0.1, 0.15) is 30.4 Å². The van der Waals surface area contributed by atoms with Crippen molar-refractivity contribution in [3.05, 3.63) is 29.3 Å². The molecule has 0 bridgehead atoms. The largest absolute Gasteiger partial charge is 0.491 e. The molecular formula is C16H25NO2. The van der Waals surface area contributed by atoms with Crippen LogP contribution in [-0.2, 0) is 0 Å². The zero-order valence-corrected chi connectivity index (χ0v) is 12.1. The number of piperidine rings is 1. The first kappa shape index (κ1) is 14.4. The Morgan fingerprint density at radius 3 is 2.58 bits per heavy atom. The highest BCUT2D eigenvalue weighted by Crippen LogP contribution is 2.17. The van der Waals surface area contributed by atoms with E-state index in [1.54, 1.807) is 0 Å². The first-order valence-corrected chi connectivity index (χ1v) is 7.25. The monoisotopic (exact) mass is 263 g/mol. The predicted octanol–water partition coefficient (Wildman–Crippen LogP) is 2.53. The van der Waals surface area contributed by atoms with E-state index in [4.69, 9.17) is 4.74 Å². The van der Waals surface area contributed by atoms with Crippen molar-refractivity contribution in [2.24, 2.45) is 0 Å². The Balaban J connectivity index is 1.75. The maximum absolute atomic E-state index is 10.0. The fourth-order valence-electron chi connectivity index (χ4n) is 2.49. The maximum Gasteiger partial charge on any atom is 0.119 e. The molecule has 1 saturated heterocycles. The van der Waals surface area contributed by atoms with Crippen molar-refractivity contribution in [2.75, 3.05) is 26.2 Å². The van der Waals surface area contributed by atoms with Gasteiger partial charge in [0, 0.05) is 6.54 Å². The van der Waals surface area contributed by atoms with Crippen molar-refractivity contribution in [2.45, 2.75) is 39.2 Å². The molecule has 1 heterocycles. The summed E-state index contributed by atoms with van der Waals surface area (Å²) in [7, 11) is 0. The molecule has 3 nitrogen and oxygen atoms in total. The first-order valence-electron chi connectivity index (χ1n) is 7.25. The van der Waals surface area contributed by atoms with Crippen LogP contribution >= 0.6 is 0 Å². The van der Waals surface area contributed by atoms with Gasteiger partial charge in [0.15, 0.2) is 0 Å². The van der Waals surface area contributed by atoms with E-state index >= 15 is 0 Å². The molecule has 2 rings (SSSR count). The summed E-state index contributed by atoms with van der Waals surface area (Å²) in [5, 5.41) is 10.0. The van der Waals surface area contributed by atoms with Crippen LogP contribution in [0.4, 0.5) is 0 Å². The molecule has 1 aliphatic rings. The lowest BCUT2D eigenvalue weighted by Gasteiger charge is -2.28. The summed E-state index contributed by atoms with van der Waals surface area (Å²) in [5.41, 5.74) is 2.49. The fourth-order valence-corrected chi connectivity index (χ4v) is 2.49. The lowest BCUT2D eigenvalue weighted by atomic mass is 10.1. The second-order valence-electron chi connectivity index (χ2n) is 5.57. The molecule has 0 spiro atoms. The quantitative estimate of drug-likeness (QED) is 0.886. The highest BCUT2D eigenvalue weighted by Gasteiger charge is 2.15. The molecule has 1 atom stereocenters. The van der Waals surface area contributed by atoms with Crippen LogP contribution in [0.15, 0.2) is 18.2 Å². The van der Waals surface area contributed by atoms with Gasteiger partial charge in [-0.15, -0.1) is 0 Å². The molecule has 1 unspecified atom stereocenters. The van der Waals surface area contributed by atoms with Gasteiger partial charge in [-0.2, -0.15) is 0 Å². The van der Waals surface area contributed by atoms with E-state index in [0.717, 1.165) is 25.4 Å². The van der Waals surface area contributed by atoms with E-state index in [0.29, 0.717) is 6.61 Å². The minimum atomic E-state index is -0.403. The van der Waals surface area contributed by atoms with Gasteiger partial charge in [-0.1, -0.05) is 12.5 Å². The number of nitrogens with zero attached hydrogens (tertiary/aromatic N) is 1. The first-order chi connectivity index (χ1) is 9.15.